The average molecular weight is 421 g/mol. The number of carbonyl (C=O) groups is 1. The molecular formula is C21H28N2O3S2. The van der Waals surface area contributed by atoms with E-state index in [-0.39, 0.29) is 18.4 Å². The number of hydrogen-bond acceptors (Lipinski definition) is 4. The molecule has 28 heavy (non-hydrogen) atoms. The Hall–Kier alpha value is -1.70. The molecule has 0 saturated carbocycles. The second-order valence-corrected chi connectivity index (χ2v) is 10.6. The molecule has 0 bridgehead atoms. The lowest BCUT2D eigenvalue weighted by molar-refractivity contribution is -0.121. The van der Waals surface area contributed by atoms with Crippen molar-refractivity contribution in [2.45, 2.75) is 56.2 Å². The molecule has 1 N–H and O–H groups in total. The summed E-state index contributed by atoms with van der Waals surface area (Å²) in [6.45, 7) is 5.25. The van der Waals surface area contributed by atoms with Crippen molar-refractivity contribution in [2.24, 2.45) is 0 Å². The standard InChI is InChI=1S/C21H28N2O3S2/c1-3-19(17-9-7-16(2)8-10-17)22-20(24)15-18-11-12-21(27-18)28(25,26)23-13-5-4-6-14-23/h7-12,19H,3-6,13-15H2,1-2H3,(H,22,24). The lowest BCUT2D eigenvalue weighted by Crippen LogP contribution is -2.35. The molecule has 0 spiro atoms. The molecule has 3 rings (SSSR count). The normalized spacial score (nSPS) is 16.6. The van der Waals surface area contributed by atoms with Crippen LogP contribution in [0.15, 0.2) is 40.6 Å². The Labute approximate surface area is 171 Å². The summed E-state index contributed by atoms with van der Waals surface area (Å²) in [6, 6.07) is 11.5. The molecule has 1 aliphatic heterocycles. The Bertz CT molecular complexity index is 898. The van der Waals surface area contributed by atoms with Crippen molar-refractivity contribution >= 4 is 27.3 Å². The number of thiophene rings is 1. The molecule has 2 heterocycles. The minimum absolute atomic E-state index is 0.0374. The first-order valence-electron chi connectivity index (χ1n) is 9.85. The molecule has 1 saturated heterocycles. The van der Waals surface area contributed by atoms with Crippen LogP contribution in [-0.4, -0.2) is 31.7 Å². The van der Waals surface area contributed by atoms with Crippen LogP contribution in [0.3, 0.4) is 0 Å². The van der Waals surface area contributed by atoms with Crippen molar-refractivity contribution in [1.82, 2.24) is 9.62 Å². The van der Waals surface area contributed by atoms with Gasteiger partial charge in [-0.05, 0) is 43.9 Å². The average Bonchev–Trinajstić information content (AvgIpc) is 3.17. The number of nitrogens with one attached hydrogen (secondary N) is 1. The number of sulfonamides is 1. The molecular weight excluding hydrogens is 392 g/mol. The Morgan fingerprint density at radius 3 is 2.43 bits per heavy atom. The van der Waals surface area contributed by atoms with Crippen molar-refractivity contribution in [2.75, 3.05) is 13.1 Å². The summed E-state index contributed by atoms with van der Waals surface area (Å²) in [5.41, 5.74) is 2.27. The molecule has 1 fully saturated rings. The van der Waals surface area contributed by atoms with E-state index in [0.29, 0.717) is 17.3 Å². The molecule has 1 aliphatic rings. The van der Waals surface area contributed by atoms with Gasteiger partial charge in [0.2, 0.25) is 5.91 Å². The van der Waals surface area contributed by atoms with E-state index in [0.717, 1.165) is 36.1 Å². The number of benzene rings is 1. The zero-order valence-corrected chi connectivity index (χ0v) is 18.1. The summed E-state index contributed by atoms with van der Waals surface area (Å²) in [6.07, 6.45) is 3.91. The fourth-order valence-electron chi connectivity index (χ4n) is 3.45. The zero-order valence-electron chi connectivity index (χ0n) is 16.5. The van der Waals surface area contributed by atoms with Gasteiger partial charge in [0.1, 0.15) is 4.21 Å². The fraction of sp³-hybridized carbons (Fsp3) is 0.476. The zero-order chi connectivity index (χ0) is 20.1. The topological polar surface area (TPSA) is 66.5 Å². The van der Waals surface area contributed by atoms with Gasteiger partial charge in [0.15, 0.2) is 0 Å². The largest absolute Gasteiger partial charge is 0.349 e. The van der Waals surface area contributed by atoms with Crippen LogP contribution >= 0.6 is 11.3 Å². The van der Waals surface area contributed by atoms with E-state index in [9.17, 15) is 13.2 Å². The van der Waals surface area contributed by atoms with Crippen molar-refractivity contribution in [3.05, 3.63) is 52.4 Å². The maximum atomic E-state index is 12.8. The van der Waals surface area contributed by atoms with Crippen LogP contribution in [0, 0.1) is 6.92 Å². The number of carbonyl (C=O) groups excluding carboxylic acids is 1. The van der Waals surface area contributed by atoms with Gasteiger partial charge in [-0.1, -0.05) is 43.2 Å². The van der Waals surface area contributed by atoms with Crippen LogP contribution in [0.2, 0.25) is 0 Å². The maximum absolute atomic E-state index is 12.8. The quantitative estimate of drug-likeness (QED) is 0.735. The Balaban J connectivity index is 1.64. The van der Waals surface area contributed by atoms with Gasteiger partial charge in [0.25, 0.3) is 10.0 Å². The highest BCUT2D eigenvalue weighted by Crippen LogP contribution is 2.27. The predicted octanol–water partition coefficient (Wildman–Crippen LogP) is 4.04. The monoisotopic (exact) mass is 420 g/mol. The molecule has 2 aromatic rings. The fourth-order valence-corrected chi connectivity index (χ4v) is 6.47. The molecule has 1 atom stereocenters. The summed E-state index contributed by atoms with van der Waals surface area (Å²) in [5.74, 6) is -0.0869. The molecule has 1 aromatic carbocycles. The van der Waals surface area contributed by atoms with Crippen molar-refractivity contribution < 1.29 is 13.2 Å². The minimum atomic E-state index is -3.43. The number of aryl methyl sites for hydroxylation is 1. The van der Waals surface area contributed by atoms with Crippen molar-refractivity contribution in [1.29, 1.82) is 0 Å². The third-order valence-electron chi connectivity index (χ3n) is 5.10. The van der Waals surface area contributed by atoms with Gasteiger partial charge < -0.3 is 5.32 Å². The lowest BCUT2D eigenvalue weighted by atomic mass is 10.0. The van der Waals surface area contributed by atoms with Crippen LogP contribution in [0.25, 0.3) is 0 Å². The molecule has 0 aliphatic carbocycles. The number of amides is 1. The van der Waals surface area contributed by atoms with Gasteiger partial charge in [-0.25, -0.2) is 8.42 Å². The highest BCUT2D eigenvalue weighted by molar-refractivity contribution is 7.91. The SMILES string of the molecule is CCC(NC(=O)Cc1ccc(S(=O)(=O)N2CCCCC2)s1)c1ccc(C)cc1. The lowest BCUT2D eigenvalue weighted by Gasteiger charge is -2.25. The summed E-state index contributed by atoms with van der Waals surface area (Å²) >= 11 is 1.20. The van der Waals surface area contributed by atoms with E-state index in [1.165, 1.54) is 16.9 Å². The second-order valence-electron chi connectivity index (χ2n) is 7.30. The van der Waals surface area contributed by atoms with E-state index in [1.807, 2.05) is 38.1 Å². The molecule has 1 unspecified atom stereocenters. The molecule has 1 aromatic heterocycles. The van der Waals surface area contributed by atoms with Crippen LogP contribution in [0.5, 0.6) is 0 Å². The summed E-state index contributed by atoms with van der Waals surface area (Å²) in [4.78, 5) is 13.3. The number of rotatable bonds is 7. The molecule has 152 valence electrons. The number of hydrogen-bond donors (Lipinski definition) is 1. The predicted molar refractivity (Wildman–Crippen MR) is 113 cm³/mol. The summed E-state index contributed by atoms with van der Waals surface area (Å²) in [5, 5.41) is 3.07. The third kappa shape index (κ3) is 5.01. The number of piperidine rings is 1. The van der Waals surface area contributed by atoms with Gasteiger partial charge >= 0.3 is 0 Å². The van der Waals surface area contributed by atoms with Gasteiger partial charge in [0.05, 0.1) is 12.5 Å². The van der Waals surface area contributed by atoms with Crippen molar-refractivity contribution in [3.8, 4) is 0 Å². The van der Waals surface area contributed by atoms with E-state index >= 15 is 0 Å². The van der Waals surface area contributed by atoms with E-state index in [2.05, 4.69) is 5.32 Å². The second kappa shape index (κ2) is 9.20. The van der Waals surface area contributed by atoms with E-state index in [4.69, 9.17) is 0 Å². The number of nitrogens with zero attached hydrogens (tertiary/aromatic N) is 1. The molecule has 0 radical (unpaired) electrons. The smallest absolute Gasteiger partial charge is 0.252 e. The first-order valence-corrected chi connectivity index (χ1v) is 12.1. The summed E-state index contributed by atoms with van der Waals surface area (Å²) < 4.78 is 27.4. The highest BCUT2D eigenvalue weighted by atomic mass is 32.2. The first-order chi connectivity index (χ1) is 13.4. The minimum Gasteiger partial charge on any atom is -0.349 e. The third-order valence-corrected chi connectivity index (χ3v) is 8.56. The van der Waals surface area contributed by atoms with E-state index < -0.39 is 10.0 Å². The maximum Gasteiger partial charge on any atom is 0.252 e. The Kier molecular flexibility index (Phi) is 6.91. The first kappa shape index (κ1) is 21.0. The van der Waals surface area contributed by atoms with Crippen LogP contribution in [0.1, 0.15) is 54.7 Å². The van der Waals surface area contributed by atoms with Crippen LogP contribution in [0.4, 0.5) is 0 Å². The molecule has 7 heteroatoms. The Morgan fingerprint density at radius 1 is 1.11 bits per heavy atom. The Morgan fingerprint density at radius 2 is 1.79 bits per heavy atom. The van der Waals surface area contributed by atoms with Crippen molar-refractivity contribution in [3.63, 3.8) is 0 Å². The van der Waals surface area contributed by atoms with Gasteiger partial charge in [-0.15, -0.1) is 11.3 Å². The van der Waals surface area contributed by atoms with E-state index in [1.54, 1.807) is 16.4 Å². The summed E-state index contributed by atoms with van der Waals surface area (Å²) in [7, 11) is -3.43. The van der Waals surface area contributed by atoms with Crippen LogP contribution < -0.4 is 5.32 Å². The van der Waals surface area contributed by atoms with Gasteiger partial charge in [-0.2, -0.15) is 4.31 Å². The van der Waals surface area contributed by atoms with Gasteiger partial charge in [0, 0.05) is 18.0 Å². The molecule has 5 nitrogen and oxygen atoms in total. The van der Waals surface area contributed by atoms with Crippen LogP contribution in [-0.2, 0) is 21.2 Å². The molecule has 1 amide bonds. The van der Waals surface area contributed by atoms with Gasteiger partial charge in [-0.3, -0.25) is 4.79 Å². The highest BCUT2D eigenvalue weighted by Gasteiger charge is 2.27.